The van der Waals surface area contributed by atoms with Crippen molar-refractivity contribution in [3.8, 4) is 5.75 Å². The van der Waals surface area contributed by atoms with E-state index in [0.29, 0.717) is 22.4 Å². The SMILES string of the molecule is CCCOc1c(Cl)cc(CNCCc2ccccc2)cc1Cl. The monoisotopic (exact) mass is 337 g/mol. The van der Waals surface area contributed by atoms with E-state index in [2.05, 4.69) is 29.6 Å². The molecule has 0 spiro atoms. The molecule has 0 aromatic heterocycles. The second-order valence-corrected chi connectivity index (χ2v) is 5.96. The second kappa shape index (κ2) is 9.04. The average Bonchev–Trinajstić information content (AvgIpc) is 2.52. The first-order valence-electron chi connectivity index (χ1n) is 7.56. The first-order valence-corrected chi connectivity index (χ1v) is 8.31. The second-order valence-electron chi connectivity index (χ2n) is 5.15. The van der Waals surface area contributed by atoms with Crippen molar-refractivity contribution in [3.05, 3.63) is 63.6 Å². The predicted molar refractivity (Wildman–Crippen MR) is 94.1 cm³/mol. The van der Waals surface area contributed by atoms with E-state index < -0.39 is 0 Å². The molecule has 2 rings (SSSR count). The first-order chi connectivity index (χ1) is 10.7. The quantitative estimate of drug-likeness (QED) is 0.675. The summed E-state index contributed by atoms with van der Waals surface area (Å²) in [6.45, 7) is 4.31. The minimum atomic E-state index is 0.570. The minimum Gasteiger partial charge on any atom is -0.490 e. The molecule has 0 heterocycles. The molecular weight excluding hydrogens is 317 g/mol. The van der Waals surface area contributed by atoms with E-state index in [1.54, 1.807) is 0 Å². The van der Waals surface area contributed by atoms with Gasteiger partial charge in [-0.25, -0.2) is 0 Å². The van der Waals surface area contributed by atoms with Crippen molar-refractivity contribution in [1.29, 1.82) is 0 Å². The number of ether oxygens (including phenoxy) is 1. The molecule has 118 valence electrons. The Morgan fingerprint density at radius 1 is 1.00 bits per heavy atom. The van der Waals surface area contributed by atoms with Gasteiger partial charge < -0.3 is 10.1 Å². The Kier molecular flexibility index (Phi) is 7.04. The molecule has 0 bridgehead atoms. The molecule has 0 aliphatic heterocycles. The van der Waals surface area contributed by atoms with Crippen molar-refractivity contribution in [2.75, 3.05) is 13.2 Å². The zero-order valence-corrected chi connectivity index (χ0v) is 14.3. The van der Waals surface area contributed by atoms with Crippen LogP contribution in [-0.4, -0.2) is 13.2 Å². The Balaban J connectivity index is 1.85. The Bertz CT molecular complexity index is 564. The smallest absolute Gasteiger partial charge is 0.156 e. The largest absolute Gasteiger partial charge is 0.490 e. The first kappa shape index (κ1) is 17.1. The normalized spacial score (nSPS) is 10.7. The van der Waals surface area contributed by atoms with Crippen LogP contribution in [0.2, 0.25) is 10.0 Å². The van der Waals surface area contributed by atoms with Gasteiger partial charge in [-0.05, 0) is 42.6 Å². The third kappa shape index (κ3) is 5.20. The van der Waals surface area contributed by atoms with Crippen LogP contribution in [-0.2, 0) is 13.0 Å². The van der Waals surface area contributed by atoms with Gasteiger partial charge in [0.15, 0.2) is 5.75 Å². The van der Waals surface area contributed by atoms with Gasteiger partial charge >= 0.3 is 0 Å². The molecule has 2 aromatic carbocycles. The third-order valence-corrected chi connectivity index (χ3v) is 3.83. The summed E-state index contributed by atoms with van der Waals surface area (Å²) in [5.41, 5.74) is 2.39. The van der Waals surface area contributed by atoms with Gasteiger partial charge in [-0.15, -0.1) is 0 Å². The van der Waals surface area contributed by atoms with Crippen molar-refractivity contribution in [1.82, 2.24) is 5.32 Å². The van der Waals surface area contributed by atoms with Crippen LogP contribution in [0.15, 0.2) is 42.5 Å². The van der Waals surface area contributed by atoms with Gasteiger partial charge in [-0.3, -0.25) is 0 Å². The highest BCUT2D eigenvalue weighted by atomic mass is 35.5. The van der Waals surface area contributed by atoms with Crippen LogP contribution >= 0.6 is 23.2 Å². The summed E-state index contributed by atoms with van der Waals surface area (Å²) in [6.07, 6.45) is 1.93. The molecular formula is C18H21Cl2NO. The molecule has 2 nitrogen and oxygen atoms in total. The standard InChI is InChI=1S/C18H21Cl2NO/c1-2-10-22-18-16(19)11-15(12-17(18)20)13-21-9-8-14-6-4-3-5-7-14/h3-7,11-12,21H,2,8-10,13H2,1H3. The van der Waals surface area contributed by atoms with Crippen LogP contribution in [0.3, 0.4) is 0 Å². The lowest BCUT2D eigenvalue weighted by molar-refractivity contribution is 0.317. The maximum atomic E-state index is 6.24. The van der Waals surface area contributed by atoms with Crippen LogP contribution in [0.25, 0.3) is 0 Å². The number of benzene rings is 2. The predicted octanol–water partition coefficient (Wildman–Crippen LogP) is 5.11. The van der Waals surface area contributed by atoms with E-state index >= 15 is 0 Å². The molecule has 4 heteroatoms. The van der Waals surface area contributed by atoms with Crippen LogP contribution < -0.4 is 10.1 Å². The van der Waals surface area contributed by atoms with Crippen molar-refractivity contribution in [3.63, 3.8) is 0 Å². The lowest BCUT2D eigenvalue weighted by atomic mass is 10.1. The number of nitrogens with one attached hydrogen (secondary N) is 1. The van der Waals surface area contributed by atoms with Gasteiger partial charge in [-0.2, -0.15) is 0 Å². The molecule has 0 saturated carbocycles. The summed E-state index contributed by atoms with van der Waals surface area (Å²) in [5, 5.41) is 4.55. The molecule has 0 atom stereocenters. The van der Waals surface area contributed by atoms with E-state index in [-0.39, 0.29) is 0 Å². The third-order valence-electron chi connectivity index (χ3n) is 3.27. The fourth-order valence-electron chi connectivity index (χ4n) is 2.17. The van der Waals surface area contributed by atoms with Crippen LogP contribution in [0.4, 0.5) is 0 Å². The van der Waals surface area contributed by atoms with Gasteiger partial charge in [0.05, 0.1) is 16.7 Å². The number of hydrogen-bond acceptors (Lipinski definition) is 2. The Hall–Kier alpha value is -1.22. The number of hydrogen-bond donors (Lipinski definition) is 1. The van der Waals surface area contributed by atoms with Crippen molar-refractivity contribution < 1.29 is 4.74 Å². The Morgan fingerprint density at radius 3 is 2.32 bits per heavy atom. The van der Waals surface area contributed by atoms with E-state index in [4.69, 9.17) is 27.9 Å². The maximum absolute atomic E-state index is 6.24. The van der Waals surface area contributed by atoms with Gasteiger partial charge in [0.25, 0.3) is 0 Å². The van der Waals surface area contributed by atoms with Crippen LogP contribution in [0.5, 0.6) is 5.75 Å². The summed E-state index contributed by atoms with van der Waals surface area (Å²) in [4.78, 5) is 0. The van der Waals surface area contributed by atoms with Crippen molar-refractivity contribution >= 4 is 23.2 Å². The fourth-order valence-corrected chi connectivity index (χ4v) is 2.81. The van der Waals surface area contributed by atoms with Crippen molar-refractivity contribution in [2.24, 2.45) is 0 Å². The molecule has 0 radical (unpaired) electrons. The van der Waals surface area contributed by atoms with E-state index in [0.717, 1.165) is 31.5 Å². The molecule has 0 unspecified atom stereocenters. The summed E-state index contributed by atoms with van der Waals surface area (Å²) in [6, 6.07) is 14.2. The van der Waals surface area contributed by atoms with Crippen LogP contribution in [0, 0.1) is 0 Å². The van der Waals surface area contributed by atoms with Crippen LogP contribution in [0.1, 0.15) is 24.5 Å². The number of rotatable bonds is 8. The lowest BCUT2D eigenvalue weighted by Crippen LogP contribution is -2.16. The molecule has 0 fully saturated rings. The molecule has 0 aliphatic rings. The molecule has 1 N–H and O–H groups in total. The Morgan fingerprint density at radius 2 is 1.68 bits per heavy atom. The topological polar surface area (TPSA) is 21.3 Å². The lowest BCUT2D eigenvalue weighted by Gasteiger charge is -2.12. The van der Waals surface area contributed by atoms with E-state index in [9.17, 15) is 0 Å². The highest BCUT2D eigenvalue weighted by Crippen LogP contribution is 2.34. The molecule has 0 saturated heterocycles. The molecule has 22 heavy (non-hydrogen) atoms. The van der Waals surface area contributed by atoms with Gasteiger partial charge in [0.2, 0.25) is 0 Å². The summed E-state index contributed by atoms with van der Waals surface area (Å²) in [5.74, 6) is 0.582. The summed E-state index contributed by atoms with van der Waals surface area (Å²) >= 11 is 12.5. The Labute approximate surface area is 142 Å². The maximum Gasteiger partial charge on any atom is 0.156 e. The highest BCUT2D eigenvalue weighted by molar-refractivity contribution is 6.37. The highest BCUT2D eigenvalue weighted by Gasteiger charge is 2.09. The summed E-state index contributed by atoms with van der Waals surface area (Å²) < 4.78 is 5.57. The van der Waals surface area contributed by atoms with Gasteiger partial charge in [-0.1, -0.05) is 60.5 Å². The van der Waals surface area contributed by atoms with E-state index in [1.807, 2.05) is 25.1 Å². The molecule has 2 aromatic rings. The average molecular weight is 338 g/mol. The molecule has 0 amide bonds. The zero-order chi connectivity index (χ0) is 15.8. The molecule has 0 aliphatic carbocycles. The number of halogens is 2. The van der Waals surface area contributed by atoms with Gasteiger partial charge in [0.1, 0.15) is 0 Å². The minimum absolute atomic E-state index is 0.570. The summed E-state index contributed by atoms with van der Waals surface area (Å²) in [7, 11) is 0. The zero-order valence-electron chi connectivity index (χ0n) is 12.7. The van der Waals surface area contributed by atoms with E-state index in [1.165, 1.54) is 5.56 Å². The van der Waals surface area contributed by atoms with Crippen molar-refractivity contribution in [2.45, 2.75) is 26.3 Å². The fraction of sp³-hybridized carbons (Fsp3) is 0.333. The van der Waals surface area contributed by atoms with Gasteiger partial charge in [0, 0.05) is 6.54 Å².